The van der Waals surface area contributed by atoms with Crippen molar-refractivity contribution in [2.45, 2.75) is 4.84 Å². The highest BCUT2D eigenvalue weighted by Crippen LogP contribution is 2.13. The van der Waals surface area contributed by atoms with Gasteiger partial charge in [0.25, 0.3) is 0 Å². The zero-order valence-corrected chi connectivity index (χ0v) is 8.39. The Labute approximate surface area is 82.9 Å². The Bertz CT molecular complexity index is 223. The Morgan fingerprint density at radius 3 is 2.33 bits per heavy atom. The number of hydrogen-bond donors (Lipinski definition) is 0. The molecule has 1 nitrogen and oxygen atoms in total. The summed E-state index contributed by atoms with van der Waals surface area (Å²) < 4.78 is 0. The molecule has 3 heteroatoms. The molecule has 0 radical (unpaired) electrons. The molecule has 0 aliphatic rings. The Kier molecular flexibility index (Phi) is 3.70. The zero-order valence-electron chi connectivity index (χ0n) is 6.87. The van der Waals surface area contributed by atoms with E-state index in [9.17, 15) is 0 Å². The van der Waals surface area contributed by atoms with Crippen molar-refractivity contribution in [1.29, 1.82) is 0 Å². The molecule has 1 aromatic rings. The van der Waals surface area contributed by atoms with Crippen LogP contribution in [0.25, 0.3) is 0 Å². The van der Waals surface area contributed by atoms with Crippen LogP contribution in [0.1, 0.15) is 0 Å². The first-order chi connectivity index (χ1) is 5.70. The van der Waals surface area contributed by atoms with Crippen molar-refractivity contribution in [3.63, 3.8) is 0 Å². The third-order valence-corrected chi connectivity index (χ3v) is 1.88. The van der Waals surface area contributed by atoms with Gasteiger partial charge in [-0.3, -0.25) is 0 Å². The van der Waals surface area contributed by atoms with Crippen molar-refractivity contribution in [1.82, 2.24) is 0 Å². The van der Waals surface area contributed by atoms with E-state index in [1.807, 2.05) is 42.3 Å². The Morgan fingerprint density at radius 2 is 1.83 bits per heavy atom. The molecule has 0 fully saturated rings. The molecular weight excluding hydrogens is 193 g/mol. The van der Waals surface area contributed by atoms with E-state index < -0.39 is 0 Å². The van der Waals surface area contributed by atoms with Gasteiger partial charge in [-0.2, -0.15) is 0 Å². The summed E-state index contributed by atoms with van der Waals surface area (Å²) in [5.74, 6) is 0. The van der Waals surface area contributed by atoms with Crippen LogP contribution in [0.2, 0.25) is 0 Å². The van der Waals surface area contributed by atoms with Crippen LogP contribution in [0.5, 0.6) is 0 Å². The molecule has 0 saturated carbocycles. The summed E-state index contributed by atoms with van der Waals surface area (Å²) >= 11 is 11.3. The van der Waals surface area contributed by atoms with Gasteiger partial charge < -0.3 is 4.90 Å². The van der Waals surface area contributed by atoms with Crippen LogP contribution < -0.4 is 4.90 Å². The van der Waals surface area contributed by atoms with Gasteiger partial charge in [0, 0.05) is 19.3 Å². The Balaban J connectivity index is 2.59. The SMILES string of the molecule is CN(CC(Cl)Cl)c1ccccc1. The molecule has 0 N–H and O–H groups in total. The minimum Gasteiger partial charge on any atom is -0.372 e. The van der Waals surface area contributed by atoms with Gasteiger partial charge in [0.15, 0.2) is 0 Å². The number of nitrogens with zero attached hydrogens (tertiary/aromatic N) is 1. The van der Waals surface area contributed by atoms with Gasteiger partial charge >= 0.3 is 0 Å². The fraction of sp³-hybridized carbons (Fsp3) is 0.333. The maximum atomic E-state index is 5.65. The number of rotatable bonds is 3. The lowest BCUT2D eigenvalue weighted by molar-refractivity contribution is 0.943. The van der Waals surface area contributed by atoms with E-state index >= 15 is 0 Å². The first-order valence-corrected chi connectivity index (χ1v) is 4.62. The molecule has 0 bridgehead atoms. The molecule has 0 aromatic heterocycles. The number of para-hydroxylation sites is 1. The Hall–Kier alpha value is -0.400. The average molecular weight is 204 g/mol. The van der Waals surface area contributed by atoms with Crippen molar-refractivity contribution in [2.24, 2.45) is 0 Å². The van der Waals surface area contributed by atoms with Gasteiger partial charge in [0.05, 0.1) is 0 Å². The van der Waals surface area contributed by atoms with Gasteiger partial charge in [0.1, 0.15) is 4.84 Å². The van der Waals surface area contributed by atoms with E-state index in [0.717, 1.165) is 5.69 Å². The molecule has 66 valence electrons. The number of alkyl halides is 2. The maximum Gasteiger partial charge on any atom is 0.125 e. The number of anilines is 1. The van der Waals surface area contributed by atoms with E-state index in [2.05, 4.69) is 0 Å². The first-order valence-electron chi connectivity index (χ1n) is 3.74. The topological polar surface area (TPSA) is 3.24 Å². The van der Waals surface area contributed by atoms with Gasteiger partial charge in [0.2, 0.25) is 0 Å². The van der Waals surface area contributed by atoms with Crippen LogP contribution in [0.15, 0.2) is 30.3 Å². The second-order valence-corrected chi connectivity index (χ2v) is 3.88. The smallest absolute Gasteiger partial charge is 0.125 e. The molecule has 0 saturated heterocycles. The summed E-state index contributed by atoms with van der Waals surface area (Å²) in [7, 11) is 1.97. The van der Waals surface area contributed by atoms with Crippen molar-refractivity contribution in [3.8, 4) is 0 Å². The van der Waals surface area contributed by atoms with E-state index in [4.69, 9.17) is 23.2 Å². The van der Waals surface area contributed by atoms with Crippen LogP contribution in [-0.4, -0.2) is 18.4 Å². The van der Waals surface area contributed by atoms with Crippen molar-refractivity contribution < 1.29 is 0 Å². The minimum absolute atomic E-state index is 0.338. The predicted molar refractivity (Wildman–Crippen MR) is 55.2 cm³/mol. The molecule has 12 heavy (non-hydrogen) atoms. The lowest BCUT2D eigenvalue weighted by Crippen LogP contribution is -2.22. The van der Waals surface area contributed by atoms with E-state index in [0.29, 0.717) is 6.54 Å². The monoisotopic (exact) mass is 203 g/mol. The summed E-state index contributed by atoms with van der Waals surface area (Å²) in [5, 5.41) is 0. The maximum absolute atomic E-state index is 5.65. The summed E-state index contributed by atoms with van der Waals surface area (Å²) in [6, 6.07) is 10.0. The predicted octanol–water partition coefficient (Wildman–Crippen LogP) is 2.93. The third-order valence-electron chi connectivity index (χ3n) is 1.61. The highest BCUT2D eigenvalue weighted by molar-refractivity contribution is 6.44. The summed E-state index contributed by atoms with van der Waals surface area (Å²) in [4.78, 5) is 1.68. The molecule has 1 aromatic carbocycles. The van der Waals surface area contributed by atoms with Crippen LogP contribution in [0.3, 0.4) is 0 Å². The Morgan fingerprint density at radius 1 is 1.25 bits per heavy atom. The number of hydrogen-bond acceptors (Lipinski definition) is 1. The highest BCUT2D eigenvalue weighted by Gasteiger charge is 2.04. The van der Waals surface area contributed by atoms with Crippen molar-refractivity contribution >= 4 is 28.9 Å². The standard InChI is InChI=1S/C9H11Cl2N/c1-12(7-9(10)11)8-5-3-2-4-6-8/h2-6,9H,7H2,1H3. The van der Waals surface area contributed by atoms with Crippen LogP contribution >= 0.6 is 23.2 Å². The first kappa shape index (κ1) is 9.69. The van der Waals surface area contributed by atoms with Crippen molar-refractivity contribution in [2.75, 3.05) is 18.5 Å². The quantitative estimate of drug-likeness (QED) is 0.684. The molecule has 0 heterocycles. The molecule has 0 atom stereocenters. The molecule has 1 rings (SSSR count). The lowest BCUT2D eigenvalue weighted by Gasteiger charge is -2.19. The zero-order chi connectivity index (χ0) is 8.97. The number of halogens is 2. The number of benzene rings is 1. The van der Waals surface area contributed by atoms with Crippen molar-refractivity contribution in [3.05, 3.63) is 30.3 Å². The molecule has 0 unspecified atom stereocenters. The van der Waals surface area contributed by atoms with E-state index in [1.165, 1.54) is 0 Å². The summed E-state index contributed by atoms with van der Waals surface area (Å²) in [5.41, 5.74) is 1.13. The largest absolute Gasteiger partial charge is 0.372 e. The molecule has 0 amide bonds. The summed E-state index contributed by atoms with van der Waals surface area (Å²) in [6.07, 6.45) is 0. The molecule has 0 aliphatic carbocycles. The van der Waals surface area contributed by atoms with Crippen LogP contribution in [0, 0.1) is 0 Å². The van der Waals surface area contributed by atoms with Gasteiger partial charge in [-0.1, -0.05) is 18.2 Å². The normalized spacial score (nSPS) is 10.3. The van der Waals surface area contributed by atoms with Gasteiger partial charge in [-0.15, -0.1) is 23.2 Å². The average Bonchev–Trinajstić information content (AvgIpc) is 2.05. The summed E-state index contributed by atoms with van der Waals surface area (Å²) in [6.45, 7) is 0.646. The fourth-order valence-corrected chi connectivity index (χ4v) is 1.41. The van der Waals surface area contributed by atoms with Crippen LogP contribution in [-0.2, 0) is 0 Å². The minimum atomic E-state index is -0.338. The van der Waals surface area contributed by atoms with E-state index in [-0.39, 0.29) is 4.84 Å². The second-order valence-electron chi connectivity index (χ2n) is 2.61. The third kappa shape index (κ3) is 2.92. The van der Waals surface area contributed by atoms with Crippen LogP contribution in [0.4, 0.5) is 5.69 Å². The lowest BCUT2D eigenvalue weighted by atomic mass is 10.3. The fourth-order valence-electron chi connectivity index (χ4n) is 0.995. The molecule has 0 spiro atoms. The molecular formula is C9H11Cl2N. The van der Waals surface area contributed by atoms with Gasteiger partial charge in [-0.25, -0.2) is 0 Å². The van der Waals surface area contributed by atoms with E-state index in [1.54, 1.807) is 0 Å². The highest BCUT2D eigenvalue weighted by atomic mass is 35.5. The second kappa shape index (κ2) is 4.58. The van der Waals surface area contributed by atoms with Gasteiger partial charge in [-0.05, 0) is 12.1 Å². The molecule has 0 aliphatic heterocycles.